The molecular weight excluding hydrogens is 407 g/mol. The molecule has 146 valence electrons. The second-order valence-electron chi connectivity index (χ2n) is 5.80. The fourth-order valence-corrected chi connectivity index (χ4v) is 2.74. The summed E-state index contributed by atoms with van der Waals surface area (Å²) < 4.78 is 4.53. The van der Waals surface area contributed by atoms with E-state index in [2.05, 4.69) is 35.9 Å². The summed E-state index contributed by atoms with van der Waals surface area (Å²) in [5.41, 5.74) is 1.38. The molecule has 3 rings (SSSR count). The third kappa shape index (κ3) is 4.44. The fourth-order valence-electron chi connectivity index (χ4n) is 2.44. The number of fused-ring (bicyclic) bond motifs is 1. The summed E-state index contributed by atoms with van der Waals surface area (Å²) in [6.07, 6.45) is 0.827. The summed E-state index contributed by atoms with van der Waals surface area (Å²) in [6, 6.07) is 5.99. The Labute approximate surface area is 169 Å². The average molecular weight is 423 g/mol. The van der Waals surface area contributed by atoms with Crippen LogP contribution in [0.4, 0.5) is 21.2 Å². The van der Waals surface area contributed by atoms with Gasteiger partial charge in [0, 0.05) is 12.3 Å². The first-order valence-electron chi connectivity index (χ1n) is 8.09. The van der Waals surface area contributed by atoms with E-state index in [1.165, 1.54) is 13.3 Å². The van der Waals surface area contributed by atoms with Gasteiger partial charge in [0.25, 0.3) is 0 Å². The number of ether oxygens (including phenoxy) is 1. The van der Waals surface area contributed by atoms with E-state index >= 15 is 0 Å². The molecule has 3 aromatic rings. The van der Waals surface area contributed by atoms with E-state index in [0.29, 0.717) is 26.8 Å². The van der Waals surface area contributed by atoms with Gasteiger partial charge in [-0.05, 0) is 24.6 Å². The van der Waals surface area contributed by atoms with Gasteiger partial charge in [-0.3, -0.25) is 15.7 Å². The van der Waals surface area contributed by atoms with E-state index in [0.717, 1.165) is 5.56 Å². The van der Waals surface area contributed by atoms with Gasteiger partial charge in [-0.15, -0.1) is 0 Å². The van der Waals surface area contributed by atoms with Crippen LogP contribution in [0.15, 0.2) is 30.5 Å². The minimum atomic E-state index is -0.647. The molecule has 4 N–H and O–H groups in total. The largest absolute Gasteiger partial charge is 0.453 e. The second kappa shape index (κ2) is 8.32. The number of hydrogen-bond acceptors (Lipinski definition) is 5. The highest BCUT2D eigenvalue weighted by atomic mass is 35.5. The molecule has 2 heterocycles. The summed E-state index contributed by atoms with van der Waals surface area (Å²) >= 11 is 11.9. The van der Waals surface area contributed by atoms with Crippen LogP contribution < -0.4 is 16.0 Å². The van der Waals surface area contributed by atoms with Crippen molar-refractivity contribution in [2.45, 2.75) is 13.0 Å². The summed E-state index contributed by atoms with van der Waals surface area (Å²) in [6.45, 7) is 1.81. The molecule has 0 saturated carbocycles. The molecule has 0 aliphatic rings. The minimum absolute atomic E-state index is 0.276. The molecular formula is C17H16Cl2N6O3. The first-order valence-corrected chi connectivity index (χ1v) is 8.84. The van der Waals surface area contributed by atoms with Crippen LogP contribution in [0.5, 0.6) is 0 Å². The molecule has 1 atom stereocenters. The fraction of sp³-hybridized carbons (Fsp3) is 0.176. The van der Waals surface area contributed by atoms with Crippen LogP contribution in [0.3, 0.4) is 0 Å². The lowest BCUT2D eigenvalue weighted by molar-refractivity contribution is 0.187. The second-order valence-corrected chi connectivity index (χ2v) is 6.61. The molecule has 0 aliphatic carbocycles. The number of carbonyl (C=O) groups is 2. The summed E-state index contributed by atoms with van der Waals surface area (Å²) in [4.78, 5) is 27.7. The number of benzene rings is 1. The van der Waals surface area contributed by atoms with Crippen LogP contribution >= 0.6 is 23.2 Å². The van der Waals surface area contributed by atoms with Crippen molar-refractivity contribution in [1.82, 2.24) is 20.5 Å². The molecule has 0 unspecified atom stereocenters. The highest BCUT2D eigenvalue weighted by molar-refractivity contribution is 6.42. The Morgan fingerprint density at radius 3 is 2.68 bits per heavy atom. The predicted octanol–water partition coefficient (Wildman–Crippen LogP) is 4.33. The van der Waals surface area contributed by atoms with Gasteiger partial charge < -0.3 is 10.1 Å². The predicted molar refractivity (Wildman–Crippen MR) is 107 cm³/mol. The van der Waals surface area contributed by atoms with E-state index in [1.807, 2.05) is 6.92 Å². The van der Waals surface area contributed by atoms with Crippen LogP contribution in [-0.4, -0.2) is 34.4 Å². The van der Waals surface area contributed by atoms with Gasteiger partial charge >= 0.3 is 12.1 Å². The maximum atomic E-state index is 12.3. The lowest BCUT2D eigenvalue weighted by Gasteiger charge is -2.15. The number of H-pyrrole nitrogens is 1. The van der Waals surface area contributed by atoms with Crippen LogP contribution in [-0.2, 0) is 4.74 Å². The zero-order valence-electron chi connectivity index (χ0n) is 14.8. The maximum absolute atomic E-state index is 12.3. The molecule has 0 bridgehead atoms. The lowest BCUT2D eigenvalue weighted by atomic mass is 10.1. The summed E-state index contributed by atoms with van der Waals surface area (Å²) in [5, 5.41) is 16.0. The zero-order valence-corrected chi connectivity index (χ0v) is 16.4. The van der Waals surface area contributed by atoms with Crippen molar-refractivity contribution in [1.29, 1.82) is 0 Å². The summed E-state index contributed by atoms with van der Waals surface area (Å²) in [7, 11) is 1.25. The van der Waals surface area contributed by atoms with Crippen molar-refractivity contribution < 1.29 is 14.3 Å². The molecule has 0 spiro atoms. The van der Waals surface area contributed by atoms with Gasteiger partial charge in [0.1, 0.15) is 5.82 Å². The molecule has 1 aromatic carbocycles. The van der Waals surface area contributed by atoms with E-state index < -0.39 is 12.1 Å². The summed E-state index contributed by atoms with van der Waals surface area (Å²) in [5.74, 6) is 0.582. The van der Waals surface area contributed by atoms with Gasteiger partial charge in [-0.2, -0.15) is 5.10 Å². The molecule has 11 heteroatoms. The first kappa shape index (κ1) is 19.7. The van der Waals surface area contributed by atoms with Crippen molar-refractivity contribution in [2.75, 3.05) is 17.7 Å². The molecule has 2 aromatic heterocycles. The van der Waals surface area contributed by atoms with Gasteiger partial charge in [-0.25, -0.2) is 14.6 Å². The van der Waals surface area contributed by atoms with Gasteiger partial charge in [-0.1, -0.05) is 29.3 Å². The van der Waals surface area contributed by atoms with Crippen molar-refractivity contribution >= 4 is 57.9 Å². The number of nitrogens with zero attached hydrogens (tertiary/aromatic N) is 2. The smallest absolute Gasteiger partial charge is 0.412 e. The van der Waals surface area contributed by atoms with E-state index in [1.54, 1.807) is 24.3 Å². The molecule has 0 fully saturated rings. The van der Waals surface area contributed by atoms with Crippen LogP contribution in [0.2, 0.25) is 10.0 Å². The van der Waals surface area contributed by atoms with E-state index in [4.69, 9.17) is 23.2 Å². The number of methoxy groups -OCH3 is 1. The lowest BCUT2D eigenvalue weighted by Crippen LogP contribution is -2.31. The Balaban J connectivity index is 1.67. The Bertz CT molecular complexity index is 1040. The number of pyridine rings is 1. The topological polar surface area (TPSA) is 121 Å². The highest BCUT2D eigenvalue weighted by Gasteiger charge is 2.14. The van der Waals surface area contributed by atoms with Crippen molar-refractivity contribution in [3.63, 3.8) is 0 Å². The highest BCUT2D eigenvalue weighted by Crippen LogP contribution is 2.26. The number of aromatic nitrogens is 3. The minimum Gasteiger partial charge on any atom is -0.453 e. The van der Waals surface area contributed by atoms with Gasteiger partial charge in [0.15, 0.2) is 5.82 Å². The first-order chi connectivity index (χ1) is 13.4. The molecule has 0 saturated heterocycles. The Hall–Kier alpha value is -3.04. The third-order valence-corrected chi connectivity index (χ3v) is 4.62. The van der Waals surface area contributed by atoms with E-state index in [-0.39, 0.29) is 11.9 Å². The molecule has 9 nitrogen and oxygen atoms in total. The quantitative estimate of drug-likeness (QED) is 0.498. The Morgan fingerprint density at radius 1 is 1.18 bits per heavy atom. The number of hydrogen-bond donors (Lipinski definition) is 4. The Morgan fingerprint density at radius 2 is 1.96 bits per heavy atom. The number of urea groups is 1. The number of anilines is 2. The van der Waals surface area contributed by atoms with Gasteiger partial charge in [0.05, 0.1) is 34.1 Å². The number of nitrogens with one attached hydrogen (secondary N) is 4. The van der Waals surface area contributed by atoms with Crippen LogP contribution in [0.25, 0.3) is 10.9 Å². The number of amides is 3. The van der Waals surface area contributed by atoms with Gasteiger partial charge in [0.2, 0.25) is 0 Å². The number of aromatic amines is 1. The number of carbonyl (C=O) groups excluding carboxylic acids is 2. The average Bonchev–Trinajstić information content (AvgIpc) is 3.05. The number of halogens is 2. The van der Waals surface area contributed by atoms with E-state index in [9.17, 15) is 9.59 Å². The van der Waals surface area contributed by atoms with Crippen LogP contribution in [0.1, 0.15) is 18.5 Å². The zero-order chi connectivity index (χ0) is 20.3. The number of rotatable bonds is 4. The van der Waals surface area contributed by atoms with Crippen LogP contribution in [0, 0.1) is 0 Å². The Kier molecular flexibility index (Phi) is 5.86. The molecule has 0 aliphatic heterocycles. The van der Waals surface area contributed by atoms with Crippen molar-refractivity contribution in [2.24, 2.45) is 0 Å². The normalized spacial score (nSPS) is 11.7. The van der Waals surface area contributed by atoms with Crippen molar-refractivity contribution in [3.05, 3.63) is 46.1 Å². The molecule has 3 amide bonds. The molecule has 28 heavy (non-hydrogen) atoms. The molecule has 0 radical (unpaired) electrons. The maximum Gasteiger partial charge on any atom is 0.412 e. The third-order valence-electron chi connectivity index (χ3n) is 3.89. The monoisotopic (exact) mass is 422 g/mol. The van der Waals surface area contributed by atoms with Crippen molar-refractivity contribution in [3.8, 4) is 0 Å². The SMILES string of the molecule is COC(=O)Nc1n[nH]c2cc(NC(=O)N[C@H](C)c3ccc(Cl)c(Cl)c3)ncc12. The standard InChI is InChI=1S/C17H16Cl2N6O3/c1-8(9-3-4-11(18)12(19)5-9)21-16(26)22-14-6-13-10(7-20-14)15(25-24-13)23-17(27)28-2/h3-8H,1-2H3,(H2,20,21,22,26)(H2,23,24,25,27)/t8-/m1/s1.